The highest BCUT2D eigenvalue weighted by molar-refractivity contribution is 5.74. The molecule has 45 heavy (non-hydrogen) atoms. The summed E-state index contributed by atoms with van der Waals surface area (Å²) in [6, 6.07) is 12.7. The van der Waals surface area contributed by atoms with Crippen LogP contribution in [0.25, 0.3) is 27.8 Å². The molecule has 0 spiro atoms. The number of allylic oxidation sites excluding steroid dienone is 4. The summed E-state index contributed by atoms with van der Waals surface area (Å²) in [5.41, 5.74) is 2.36. The fourth-order valence-electron chi connectivity index (χ4n) is 7.21. The number of hydrogen-bond donors (Lipinski definition) is 0. The Morgan fingerprint density at radius 2 is 1.27 bits per heavy atom. The third kappa shape index (κ3) is 7.91. The van der Waals surface area contributed by atoms with Crippen molar-refractivity contribution in [2.75, 3.05) is 6.61 Å². The molecular formula is C40H46F4O. The lowest BCUT2D eigenvalue weighted by atomic mass is 9.71. The van der Waals surface area contributed by atoms with Gasteiger partial charge in [-0.1, -0.05) is 87.2 Å². The van der Waals surface area contributed by atoms with E-state index >= 15 is 8.78 Å². The molecular weight excluding hydrogens is 572 g/mol. The lowest BCUT2D eigenvalue weighted by molar-refractivity contribution is 0.212. The van der Waals surface area contributed by atoms with Gasteiger partial charge >= 0.3 is 0 Å². The van der Waals surface area contributed by atoms with Crippen molar-refractivity contribution in [3.8, 4) is 28.0 Å². The highest BCUT2D eigenvalue weighted by Gasteiger charge is 2.29. The summed E-state index contributed by atoms with van der Waals surface area (Å²) in [6.45, 7) is 4.56. The minimum Gasteiger partial charge on any atom is -0.490 e. The Morgan fingerprint density at radius 3 is 1.89 bits per heavy atom. The van der Waals surface area contributed by atoms with Gasteiger partial charge in [-0.05, 0) is 105 Å². The third-order valence-corrected chi connectivity index (χ3v) is 9.89. The standard InChI is InChI=1S/C40H46F4O/c1-3-5-6-7-8-26-45-36-25-24-35(39(43)40(36)44)32-20-18-31(19-21-32)34-23-22-33(37(41)38(34)42)30-16-14-29(15-17-30)28-12-10-27(9-4-2)11-13-28/h4,9,16,18-25,27-29H,3,5-8,10-15,17,26H2,1-2H3. The second kappa shape index (κ2) is 15.8. The van der Waals surface area contributed by atoms with Crippen LogP contribution in [0.5, 0.6) is 5.75 Å². The van der Waals surface area contributed by atoms with Crippen LogP contribution in [-0.4, -0.2) is 6.61 Å². The SMILES string of the molecule is CC=CC1CCC(C2CC=C(c3ccc(-c4ccc(-c5ccc(OCCCCCCC)c(F)c5F)cc4)c(F)c3F)CC2)CC1. The highest BCUT2D eigenvalue weighted by atomic mass is 19.2. The van der Waals surface area contributed by atoms with Crippen molar-refractivity contribution in [3.63, 3.8) is 0 Å². The molecule has 0 heterocycles. The van der Waals surface area contributed by atoms with E-state index in [1.54, 1.807) is 36.4 Å². The van der Waals surface area contributed by atoms with Crippen molar-refractivity contribution in [1.82, 2.24) is 0 Å². The molecule has 0 aliphatic heterocycles. The fourth-order valence-corrected chi connectivity index (χ4v) is 7.21. The molecule has 0 radical (unpaired) electrons. The molecule has 0 saturated heterocycles. The van der Waals surface area contributed by atoms with Crippen molar-refractivity contribution < 1.29 is 22.3 Å². The van der Waals surface area contributed by atoms with Gasteiger partial charge in [0.1, 0.15) is 0 Å². The van der Waals surface area contributed by atoms with Crippen molar-refractivity contribution >= 4 is 5.57 Å². The second-order valence-electron chi connectivity index (χ2n) is 12.8. The summed E-state index contributed by atoms with van der Waals surface area (Å²) >= 11 is 0. The van der Waals surface area contributed by atoms with Crippen molar-refractivity contribution in [2.24, 2.45) is 17.8 Å². The Bertz CT molecular complexity index is 1480. The van der Waals surface area contributed by atoms with Crippen molar-refractivity contribution in [1.29, 1.82) is 0 Å². The Balaban J connectivity index is 1.23. The van der Waals surface area contributed by atoms with Gasteiger partial charge in [-0.2, -0.15) is 4.39 Å². The first kappa shape index (κ1) is 33.0. The van der Waals surface area contributed by atoms with E-state index in [2.05, 4.69) is 32.1 Å². The quantitative estimate of drug-likeness (QED) is 0.111. The number of ether oxygens (including phenoxy) is 1. The van der Waals surface area contributed by atoms with Crippen LogP contribution >= 0.6 is 0 Å². The van der Waals surface area contributed by atoms with E-state index in [4.69, 9.17) is 4.74 Å². The zero-order valence-corrected chi connectivity index (χ0v) is 26.7. The molecule has 0 aromatic heterocycles. The Hall–Kier alpha value is -3.34. The summed E-state index contributed by atoms with van der Waals surface area (Å²) < 4.78 is 66.1. The maximum atomic E-state index is 15.4. The maximum absolute atomic E-state index is 15.4. The van der Waals surface area contributed by atoms with Gasteiger partial charge in [0.05, 0.1) is 6.61 Å². The van der Waals surface area contributed by atoms with Crippen LogP contribution in [0.15, 0.2) is 66.8 Å². The summed E-state index contributed by atoms with van der Waals surface area (Å²) in [6.07, 6.45) is 19.5. The number of halogens is 4. The smallest absolute Gasteiger partial charge is 0.201 e. The predicted octanol–water partition coefficient (Wildman–Crippen LogP) is 12.5. The number of rotatable bonds is 12. The molecule has 5 heteroatoms. The zero-order valence-electron chi connectivity index (χ0n) is 26.7. The molecule has 1 saturated carbocycles. The monoisotopic (exact) mass is 618 g/mol. The van der Waals surface area contributed by atoms with Crippen LogP contribution in [-0.2, 0) is 0 Å². The molecule has 0 bridgehead atoms. The van der Waals surface area contributed by atoms with Gasteiger partial charge in [-0.15, -0.1) is 0 Å². The Morgan fingerprint density at radius 1 is 0.667 bits per heavy atom. The van der Waals surface area contributed by atoms with Crippen LogP contribution in [0.2, 0.25) is 0 Å². The Kier molecular flexibility index (Phi) is 11.6. The van der Waals surface area contributed by atoms with Crippen LogP contribution in [0, 0.1) is 41.0 Å². The minimum absolute atomic E-state index is 0.0877. The first-order chi connectivity index (χ1) is 21.9. The van der Waals surface area contributed by atoms with E-state index in [0.717, 1.165) is 62.9 Å². The van der Waals surface area contributed by atoms with Gasteiger partial charge in [-0.3, -0.25) is 0 Å². The summed E-state index contributed by atoms with van der Waals surface area (Å²) in [5, 5.41) is 0. The summed E-state index contributed by atoms with van der Waals surface area (Å²) in [7, 11) is 0. The summed E-state index contributed by atoms with van der Waals surface area (Å²) in [4.78, 5) is 0. The van der Waals surface area contributed by atoms with E-state index in [-0.39, 0.29) is 16.9 Å². The maximum Gasteiger partial charge on any atom is 0.201 e. The normalized spacial score (nSPS) is 20.4. The van der Waals surface area contributed by atoms with Gasteiger partial charge < -0.3 is 4.74 Å². The van der Waals surface area contributed by atoms with E-state index in [1.807, 2.05) is 0 Å². The lowest BCUT2D eigenvalue weighted by Crippen LogP contribution is -2.22. The van der Waals surface area contributed by atoms with Crippen LogP contribution in [0.4, 0.5) is 17.6 Å². The lowest BCUT2D eigenvalue weighted by Gasteiger charge is -2.35. The molecule has 2 aliphatic carbocycles. The van der Waals surface area contributed by atoms with E-state index in [0.29, 0.717) is 35.1 Å². The molecule has 3 aromatic rings. The molecule has 5 rings (SSSR count). The van der Waals surface area contributed by atoms with Crippen LogP contribution in [0.1, 0.15) is 96.5 Å². The van der Waals surface area contributed by atoms with E-state index in [9.17, 15) is 8.78 Å². The molecule has 0 amide bonds. The van der Waals surface area contributed by atoms with Gasteiger partial charge in [-0.25, -0.2) is 13.2 Å². The van der Waals surface area contributed by atoms with Gasteiger partial charge in [0, 0.05) is 16.7 Å². The summed E-state index contributed by atoms with van der Waals surface area (Å²) in [5.74, 6) is -1.78. The molecule has 1 fully saturated rings. The Labute approximate surface area is 266 Å². The van der Waals surface area contributed by atoms with Crippen molar-refractivity contribution in [3.05, 3.63) is 95.6 Å². The third-order valence-electron chi connectivity index (χ3n) is 9.89. The van der Waals surface area contributed by atoms with Crippen LogP contribution < -0.4 is 4.74 Å². The molecule has 3 aromatic carbocycles. The fraction of sp³-hybridized carbons (Fsp3) is 0.450. The average molecular weight is 619 g/mol. The average Bonchev–Trinajstić information content (AvgIpc) is 3.07. The second-order valence-corrected chi connectivity index (χ2v) is 12.8. The molecule has 2 aliphatic rings. The largest absolute Gasteiger partial charge is 0.490 e. The van der Waals surface area contributed by atoms with Gasteiger partial charge in [0.15, 0.2) is 23.2 Å². The number of hydrogen-bond acceptors (Lipinski definition) is 1. The zero-order chi connectivity index (χ0) is 31.8. The molecule has 0 N–H and O–H groups in total. The topological polar surface area (TPSA) is 9.23 Å². The van der Waals surface area contributed by atoms with Gasteiger partial charge in [0.25, 0.3) is 0 Å². The molecule has 1 atom stereocenters. The first-order valence-electron chi connectivity index (χ1n) is 16.9. The minimum atomic E-state index is -1.02. The van der Waals surface area contributed by atoms with Crippen LogP contribution in [0.3, 0.4) is 0 Å². The van der Waals surface area contributed by atoms with Gasteiger partial charge in [0.2, 0.25) is 5.82 Å². The number of unbranched alkanes of at least 4 members (excludes halogenated alkanes) is 4. The van der Waals surface area contributed by atoms with E-state index in [1.165, 1.54) is 37.8 Å². The highest BCUT2D eigenvalue weighted by Crippen LogP contribution is 2.42. The molecule has 1 nitrogen and oxygen atoms in total. The van der Waals surface area contributed by atoms with E-state index < -0.39 is 23.3 Å². The first-order valence-corrected chi connectivity index (χ1v) is 16.9. The molecule has 240 valence electrons. The molecule has 1 unspecified atom stereocenters. The predicted molar refractivity (Wildman–Crippen MR) is 177 cm³/mol. The van der Waals surface area contributed by atoms with Crippen molar-refractivity contribution in [2.45, 2.75) is 90.9 Å². The number of benzene rings is 3.